The van der Waals surface area contributed by atoms with Crippen molar-refractivity contribution in [2.75, 3.05) is 20.3 Å². The van der Waals surface area contributed by atoms with Gasteiger partial charge in [0.2, 0.25) is 6.73 Å². The number of piperidine rings is 1. The topological polar surface area (TPSA) is 52.6 Å². The molecule has 5 rings (SSSR count). The van der Waals surface area contributed by atoms with Crippen molar-refractivity contribution in [3.8, 4) is 5.75 Å². The summed E-state index contributed by atoms with van der Waals surface area (Å²) in [6.07, 6.45) is 3.06. The molecule has 4 aliphatic rings. The molecule has 29 heavy (non-hydrogen) atoms. The second-order valence-corrected chi connectivity index (χ2v) is 10.9. The first-order chi connectivity index (χ1) is 13.6. The Labute approximate surface area is 172 Å². The van der Waals surface area contributed by atoms with Crippen LogP contribution in [0.15, 0.2) is 12.1 Å². The van der Waals surface area contributed by atoms with Crippen LogP contribution in [0.25, 0.3) is 0 Å². The maximum atomic E-state index is 12.9. The number of quaternary nitrogens is 1. The molecule has 5 heteroatoms. The Bertz CT molecular complexity index is 916. The summed E-state index contributed by atoms with van der Waals surface area (Å²) in [5.74, 6) is 1.49. The molecule has 2 fully saturated rings. The molecule has 5 atom stereocenters. The zero-order chi connectivity index (χ0) is 20.8. The van der Waals surface area contributed by atoms with E-state index in [4.69, 9.17) is 9.47 Å². The van der Waals surface area contributed by atoms with Gasteiger partial charge in [0.1, 0.15) is 5.75 Å². The molecule has 1 saturated heterocycles. The van der Waals surface area contributed by atoms with Crippen LogP contribution in [0, 0.1) is 18.3 Å². The Hall–Kier alpha value is -1.88. The Kier molecular flexibility index (Phi) is 3.85. The van der Waals surface area contributed by atoms with Crippen LogP contribution in [0.1, 0.15) is 56.7 Å². The molecule has 1 aromatic carbocycles. The largest absolute Gasteiger partial charge is 0.481 e. The number of aryl methyl sites for hydroxylation is 1. The molecule has 1 spiro atoms. The van der Waals surface area contributed by atoms with Crippen LogP contribution in [0.4, 0.5) is 0 Å². The van der Waals surface area contributed by atoms with Gasteiger partial charge in [-0.25, -0.2) is 0 Å². The maximum Gasteiger partial charge on any atom is 0.315 e. The van der Waals surface area contributed by atoms with Crippen molar-refractivity contribution in [3.63, 3.8) is 0 Å². The van der Waals surface area contributed by atoms with Gasteiger partial charge in [-0.15, -0.1) is 0 Å². The number of hydrogen-bond donors (Lipinski definition) is 0. The summed E-state index contributed by atoms with van der Waals surface area (Å²) >= 11 is 0. The number of nitrogens with zero attached hydrogens (tertiary/aromatic N) is 1. The molecule has 0 N–H and O–H groups in total. The summed E-state index contributed by atoms with van der Waals surface area (Å²) in [5, 5.41) is 0. The minimum absolute atomic E-state index is 0.146. The van der Waals surface area contributed by atoms with E-state index in [9.17, 15) is 9.59 Å². The lowest BCUT2D eigenvalue weighted by atomic mass is 9.51. The van der Waals surface area contributed by atoms with Crippen LogP contribution in [-0.2, 0) is 26.2 Å². The predicted octanol–water partition coefficient (Wildman–Crippen LogP) is 3.29. The monoisotopic (exact) mass is 398 g/mol. The number of benzene rings is 1. The average molecular weight is 399 g/mol. The smallest absolute Gasteiger partial charge is 0.315 e. The highest BCUT2D eigenvalue weighted by atomic mass is 16.5. The second-order valence-electron chi connectivity index (χ2n) is 10.9. The van der Waals surface area contributed by atoms with Crippen LogP contribution in [0.2, 0.25) is 0 Å². The van der Waals surface area contributed by atoms with Crippen LogP contribution in [-0.4, -0.2) is 48.7 Å². The zero-order valence-corrected chi connectivity index (χ0v) is 18.2. The summed E-state index contributed by atoms with van der Waals surface area (Å²) in [7, 11) is 2.23. The Morgan fingerprint density at radius 3 is 2.83 bits per heavy atom. The molecule has 0 aromatic heterocycles. The van der Waals surface area contributed by atoms with Gasteiger partial charge in [0.25, 0.3) is 0 Å². The van der Waals surface area contributed by atoms with Crippen molar-refractivity contribution in [2.24, 2.45) is 11.3 Å². The van der Waals surface area contributed by atoms with Gasteiger partial charge in [-0.05, 0) is 45.2 Å². The number of ether oxygens (including phenoxy) is 2. The molecule has 0 radical (unpaired) electrons. The number of likely N-dealkylation sites (tertiary alicyclic amines) is 1. The van der Waals surface area contributed by atoms with Gasteiger partial charge in [-0.3, -0.25) is 14.1 Å². The second kappa shape index (κ2) is 5.84. The summed E-state index contributed by atoms with van der Waals surface area (Å²) in [5.41, 5.74) is 3.12. The fourth-order valence-electron chi connectivity index (χ4n) is 6.52. The van der Waals surface area contributed by atoms with Crippen LogP contribution in [0.3, 0.4) is 0 Å². The lowest BCUT2D eigenvalue weighted by molar-refractivity contribution is -0.959. The minimum atomic E-state index is -0.497. The fourth-order valence-corrected chi connectivity index (χ4v) is 6.52. The summed E-state index contributed by atoms with van der Waals surface area (Å²) < 4.78 is 12.9. The van der Waals surface area contributed by atoms with E-state index in [1.807, 2.05) is 20.8 Å². The number of carbonyl (C=O) groups excluding carboxylic acids is 2. The number of likely N-dealkylation sites (N-methyl/N-ethyl adjacent to an activating group) is 1. The third-order valence-corrected chi connectivity index (χ3v) is 8.10. The number of carbonyl (C=O) groups is 2. The van der Waals surface area contributed by atoms with E-state index in [0.717, 1.165) is 41.6 Å². The number of esters is 1. The third kappa shape index (κ3) is 2.43. The molecule has 1 aromatic rings. The van der Waals surface area contributed by atoms with Gasteiger partial charge >= 0.3 is 5.97 Å². The highest BCUT2D eigenvalue weighted by molar-refractivity contribution is 5.89. The molecule has 0 amide bonds. The van der Waals surface area contributed by atoms with Gasteiger partial charge in [-0.1, -0.05) is 12.1 Å². The van der Waals surface area contributed by atoms with E-state index in [-0.39, 0.29) is 23.3 Å². The van der Waals surface area contributed by atoms with Crippen molar-refractivity contribution in [3.05, 3.63) is 28.8 Å². The van der Waals surface area contributed by atoms with E-state index in [0.29, 0.717) is 25.1 Å². The zero-order valence-electron chi connectivity index (χ0n) is 18.2. The first-order valence-corrected chi connectivity index (χ1v) is 10.9. The standard InChI is InChI=1S/C24H32NO4/c1-14-6-7-15-12-17-16-8-9-18(26)21-24(16,19(15)20(14)29-21)10-11-25(17,5)13-28-22(27)23(2,3)4/h6-7,16-17,21H,8-13H2,1-5H3/q+1/t16-,17?,21-,24-,25-/m0/s1. The number of rotatable bonds is 2. The maximum absolute atomic E-state index is 12.9. The summed E-state index contributed by atoms with van der Waals surface area (Å²) in [6.45, 7) is 9.08. The quantitative estimate of drug-likeness (QED) is 0.567. The fraction of sp³-hybridized carbons (Fsp3) is 0.667. The van der Waals surface area contributed by atoms with Crippen molar-refractivity contribution >= 4 is 11.8 Å². The molecular formula is C24H32NO4+. The lowest BCUT2D eigenvalue weighted by Crippen LogP contribution is -2.72. The SMILES string of the molecule is Cc1ccc2c3c1O[C@H]1C(=O)CC[C@H]4C(C2)[N@+](C)(COC(=O)C(C)(C)C)CC[C@]314. The number of Topliss-reactive ketones (excluding diaryl/α,β-unsaturated/α-hetero) is 1. The highest BCUT2D eigenvalue weighted by Crippen LogP contribution is 2.63. The molecule has 2 heterocycles. The molecule has 1 unspecified atom stereocenters. The Morgan fingerprint density at radius 1 is 1.34 bits per heavy atom. The molecule has 2 bridgehead atoms. The average Bonchev–Trinajstić information content (AvgIpc) is 3.02. The Morgan fingerprint density at radius 2 is 2.10 bits per heavy atom. The molecular weight excluding hydrogens is 366 g/mol. The van der Waals surface area contributed by atoms with Crippen molar-refractivity contribution in [2.45, 2.75) is 70.9 Å². The van der Waals surface area contributed by atoms with Crippen LogP contribution < -0.4 is 4.74 Å². The summed E-state index contributed by atoms with van der Waals surface area (Å²) in [6, 6.07) is 4.71. The van der Waals surface area contributed by atoms with E-state index in [2.05, 4.69) is 26.1 Å². The molecule has 156 valence electrons. The van der Waals surface area contributed by atoms with Gasteiger partial charge in [0.05, 0.1) is 30.5 Å². The van der Waals surface area contributed by atoms with Crippen molar-refractivity contribution in [1.29, 1.82) is 0 Å². The predicted molar refractivity (Wildman–Crippen MR) is 109 cm³/mol. The number of ketones is 1. The Balaban J connectivity index is 1.56. The van der Waals surface area contributed by atoms with Crippen molar-refractivity contribution in [1.82, 2.24) is 0 Å². The first-order valence-electron chi connectivity index (χ1n) is 10.9. The van der Waals surface area contributed by atoms with E-state index < -0.39 is 5.41 Å². The first kappa shape index (κ1) is 19.1. The summed E-state index contributed by atoms with van der Waals surface area (Å²) in [4.78, 5) is 25.4. The lowest BCUT2D eigenvalue weighted by Gasteiger charge is -2.59. The molecule has 2 aliphatic carbocycles. The van der Waals surface area contributed by atoms with E-state index >= 15 is 0 Å². The minimum Gasteiger partial charge on any atom is -0.481 e. The van der Waals surface area contributed by atoms with Crippen molar-refractivity contribution < 1.29 is 23.5 Å². The van der Waals surface area contributed by atoms with Gasteiger partial charge in [0, 0.05) is 30.7 Å². The molecule has 5 nitrogen and oxygen atoms in total. The molecule has 1 saturated carbocycles. The van der Waals surface area contributed by atoms with Gasteiger partial charge in [-0.2, -0.15) is 0 Å². The van der Waals surface area contributed by atoms with E-state index in [1.54, 1.807) is 0 Å². The van der Waals surface area contributed by atoms with Crippen LogP contribution >= 0.6 is 0 Å². The van der Waals surface area contributed by atoms with Crippen LogP contribution in [0.5, 0.6) is 5.75 Å². The molecule has 2 aliphatic heterocycles. The third-order valence-electron chi connectivity index (χ3n) is 8.10. The van der Waals surface area contributed by atoms with Gasteiger partial charge < -0.3 is 9.47 Å². The van der Waals surface area contributed by atoms with E-state index in [1.165, 1.54) is 11.1 Å². The normalized spacial score (nSPS) is 37.0. The van der Waals surface area contributed by atoms with Gasteiger partial charge in [0.15, 0.2) is 11.9 Å². The highest BCUT2D eigenvalue weighted by Gasteiger charge is 2.69. The number of hydrogen-bond acceptors (Lipinski definition) is 4.